The molecule has 2 aromatic rings. The molecular formula is C19H19F3N2O2. The molecule has 0 bridgehead atoms. The van der Waals surface area contributed by atoms with Crippen LogP contribution >= 0.6 is 0 Å². The molecule has 1 aliphatic rings. The standard InChI is InChI=1S/C19H19F3N2O2/c20-19(21,22)26-15-10-8-14(9-11-15)23-12-18(25)24-17-7-3-5-13-4-1-2-6-16(13)17/h1-2,4,6,8-11,17,23H,3,5,7,12H2,(H,24,25). The van der Waals surface area contributed by atoms with Crippen molar-refractivity contribution in [1.29, 1.82) is 0 Å². The molecule has 2 N–H and O–H groups in total. The lowest BCUT2D eigenvalue weighted by Crippen LogP contribution is -2.35. The van der Waals surface area contributed by atoms with Crippen molar-refractivity contribution in [2.45, 2.75) is 31.7 Å². The first kappa shape index (κ1) is 18.1. The summed E-state index contributed by atoms with van der Waals surface area (Å²) < 4.78 is 40.2. The number of hydrogen-bond acceptors (Lipinski definition) is 3. The number of aryl methyl sites for hydroxylation is 1. The predicted molar refractivity (Wildman–Crippen MR) is 91.9 cm³/mol. The van der Waals surface area contributed by atoms with Crippen molar-refractivity contribution in [2.24, 2.45) is 0 Å². The highest BCUT2D eigenvalue weighted by Crippen LogP contribution is 2.29. The van der Waals surface area contributed by atoms with Crippen LogP contribution in [0.3, 0.4) is 0 Å². The van der Waals surface area contributed by atoms with Gasteiger partial charge in [0.1, 0.15) is 5.75 Å². The van der Waals surface area contributed by atoms with E-state index in [2.05, 4.69) is 21.4 Å². The van der Waals surface area contributed by atoms with Gasteiger partial charge in [0.05, 0.1) is 12.6 Å². The molecule has 4 nitrogen and oxygen atoms in total. The van der Waals surface area contributed by atoms with E-state index in [1.54, 1.807) is 0 Å². The highest BCUT2D eigenvalue weighted by molar-refractivity contribution is 5.81. The minimum Gasteiger partial charge on any atom is -0.406 e. The van der Waals surface area contributed by atoms with E-state index in [-0.39, 0.29) is 24.2 Å². The van der Waals surface area contributed by atoms with Gasteiger partial charge in [-0.05, 0) is 54.7 Å². The van der Waals surface area contributed by atoms with Gasteiger partial charge in [0.25, 0.3) is 0 Å². The van der Waals surface area contributed by atoms with Crippen molar-refractivity contribution in [3.05, 3.63) is 59.7 Å². The zero-order valence-corrected chi connectivity index (χ0v) is 14.0. The second kappa shape index (κ2) is 7.68. The largest absolute Gasteiger partial charge is 0.573 e. The molecule has 0 fully saturated rings. The molecule has 0 aromatic heterocycles. The third-order valence-electron chi connectivity index (χ3n) is 4.25. The fourth-order valence-corrected chi connectivity index (χ4v) is 3.11. The highest BCUT2D eigenvalue weighted by atomic mass is 19.4. The first-order valence-corrected chi connectivity index (χ1v) is 8.37. The van der Waals surface area contributed by atoms with E-state index in [0.717, 1.165) is 24.8 Å². The second-order valence-corrected chi connectivity index (χ2v) is 6.14. The molecule has 3 rings (SSSR count). The summed E-state index contributed by atoms with van der Waals surface area (Å²) in [6.07, 6.45) is -1.78. The number of benzene rings is 2. The van der Waals surface area contributed by atoms with Crippen LogP contribution in [0.1, 0.15) is 30.0 Å². The molecule has 1 atom stereocenters. The van der Waals surface area contributed by atoms with Crippen LogP contribution in [0.25, 0.3) is 0 Å². The van der Waals surface area contributed by atoms with Crippen molar-refractivity contribution < 1.29 is 22.7 Å². The lowest BCUT2D eigenvalue weighted by molar-refractivity contribution is -0.274. The molecule has 0 saturated heterocycles. The average Bonchev–Trinajstić information content (AvgIpc) is 2.60. The van der Waals surface area contributed by atoms with E-state index in [1.165, 1.54) is 29.8 Å². The second-order valence-electron chi connectivity index (χ2n) is 6.14. The Labute approximate surface area is 149 Å². The van der Waals surface area contributed by atoms with E-state index >= 15 is 0 Å². The molecule has 0 spiro atoms. The lowest BCUT2D eigenvalue weighted by Gasteiger charge is -2.26. The number of carbonyl (C=O) groups is 1. The van der Waals surface area contributed by atoms with Crippen LogP contribution in [0.15, 0.2) is 48.5 Å². The number of rotatable bonds is 5. The van der Waals surface area contributed by atoms with Crippen LogP contribution in [0.2, 0.25) is 0 Å². The Bertz CT molecular complexity index is 760. The number of halogens is 3. The number of carbonyl (C=O) groups excluding carboxylic acids is 1. The van der Waals surface area contributed by atoms with Crippen LogP contribution in [-0.4, -0.2) is 18.8 Å². The van der Waals surface area contributed by atoms with Gasteiger partial charge in [-0.15, -0.1) is 13.2 Å². The third-order valence-corrected chi connectivity index (χ3v) is 4.25. The van der Waals surface area contributed by atoms with Gasteiger partial charge in [-0.1, -0.05) is 24.3 Å². The summed E-state index contributed by atoms with van der Waals surface area (Å²) in [6.45, 7) is 0.0398. The fourth-order valence-electron chi connectivity index (χ4n) is 3.11. The third kappa shape index (κ3) is 4.91. The van der Waals surface area contributed by atoms with E-state index in [4.69, 9.17) is 0 Å². The van der Waals surface area contributed by atoms with Gasteiger partial charge in [-0.3, -0.25) is 4.79 Å². The summed E-state index contributed by atoms with van der Waals surface area (Å²) in [4.78, 5) is 12.2. The molecule has 0 radical (unpaired) electrons. The molecule has 2 aromatic carbocycles. The summed E-state index contributed by atoms with van der Waals surface area (Å²) in [7, 11) is 0. The van der Waals surface area contributed by atoms with Gasteiger partial charge in [0.15, 0.2) is 0 Å². The number of fused-ring (bicyclic) bond motifs is 1. The van der Waals surface area contributed by atoms with Crippen LogP contribution in [0, 0.1) is 0 Å². The molecule has 1 unspecified atom stereocenters. The normalized spacial score (nSPS) is 16.5. The molecule has 138 valence electrons. The topological polar surface area (TPSA) is 50.4 Å². The number of amides is 1. The zero-order valence-electron chi connectivity index (χ0n) is 14.0. The molecular weight excluding hydrogens is 345 g/mol. The van der Waals surface area contributed by atoms with Gasteiger partial charge < -0.3 is 15.4 Å². The maximum Gasteiger partial charge on any atom is 0.573 e. The minimum absolute atomic E-state index is 0.00295. The average molecular weight is 364 g/mol. The number of hydrogen-bond donors (Lipinski definition) is 2. The van der Waals surface area contributed by atoms with E-state index < -0.39 is 6.36 Å². The maximum absolute atomic E-state index is 12.2. The Morgan fingerprint density at radius 1 is 1.12 bits per heavy atom. The van der Waals surface area contributed by atoms with Crippen LogP contribution in [0.4, 0.5) is 18.9 Å². The number of ether oxygens (including phenoxy) is 1. The first-order valence-electron chi connectivity index (χ1n) is 8.37. The van der Waals surface area contributed by atoms with Crippen LogP contribution in [-0.2, 0) is 11.2 Å². The summed E-state index contributed by atoms with van der Waals surface area (Å²) in [6, 6.07) is 13.3. The molecule has 7 heteroatoms. The first-order chi connectivity index (χ1) is 12.4. The van der Waals surface area contributed by atoms with Crippen molar-refractivity contribution in [3.63, 3.8) is 0 Å². The van der Waals surface area contributed by atoms with Crippen molar-refractivity contribution in [3.8, 4) is 5.75 Å². The Morgan fingerprint density at radius 3 is 2.58 bits per heavy atom. The predicted octanol–water partition coefficient (Wildman–Crippen LogP) is 4.19. The summed E-state index contributed by atoms with van der Waals surface area (Å²) in [5, 5.41) is 5.91. The molecule has 26 heavy (non-hydrogen) atoms. The lowest BCUT2D eigenvalue weighted by atomic mass is 9.88. The molecule has 1 aliphatic carbocycles. The van der Waals surface area contributed by atoms with Gasteiger partial charge in [-0.25, -0.2) is 0 Å². The smallest absolute Gasteiger partial charge is 0.406 e. The maximum atomic E-state index is 12.2. The highest BCUT2D eigenvalue weighted by Gasteiger charge is 2.31. The summed E-state index contributed by atoms with van der Waals surface area (Å²) >= 11 is 0. The Morgan fingerprint density at radius 2 is 1.85 bits per heavy atom. The number of nitrogens with one attached hydrogen (secondary N) is 2. The Balaban J connectivity index is 1.52. The van der Waals surface area contributed by atoms with Crippen molar-refractivity contribution >= 4 is 11.6 Å². The zero-order chi connectivity index (χ0) is 18.6. The Kier molecular flexibility index (Phi) is 5.35. The number of alkyl halides is 3. The monoisotopic (exact) mass is 364 g/mol. The van der Waals surface area contributed by atoms with E-state index in [1.807, 2.05) is 18.2 Å². The van der Waals surface area contributed by atoms with Crippen molar-refractivity contribution in [2.75, 3.05) is 11.9 Å². The van der Waals surface area contributed by atoms with E-state index in [0.29, 0.717) is 5.69 Å². The van der Waals surface area contributed by atoms with Gasteiger partial charge >= 0.3 is 6.36 Å². The summed E-state index contributed by atoms with van der Waals surface area (Å²) in [5.74, 6) is -0.464. The van der Waals surface area contributed by atoms with Gasteiger partial charge in [-0.2, -0.15) is 0 Å². The van der Waals surface area contributed by atoms with E-state index in [9.17, 15) is 18.0 Å². The van der Waals surface area contributed by atoms with Crippen molar-refractivity contribution in [1.82, 2.24) is 5.32 Å². The SMILES string of the molecule is O=C(CNc1ccc(OC(F)(F)F)cc1)NC1CCCc2ccccc21. The minimum atomic E-state index is -4.72. The van der Waals surface area contributed by atoms with Gasteiger partial charge in [0.2, 0.25) is 5.91 Å². The van der Waals surface area contributed by atoms with Gasteiger partial charge in [0, 0.05) is 5.69 Å². The molecule has 0 heterocycles. The molecule has 0 saturated carbocycles. The van der Waals surface area contributed by atoms with Crippen LogP contribution < -0.4 is 15.4 Å². The fraction of sp³-hybridized carbons (Fsp3) is 0.316. The summed E-state index contributed by atoms with van der Waals surface area (Å²) in [5.41, 5.74) is 2.96. The quantitative estimate of drug-likeness (QED) is 0.836. The number of anilines is 1. The molecule has 1 amide bonds. The Hall–Kier alpha value is -2.70. The molecule has 0 aliphatic heterocycles. The van der Waals surface area contributed by atoms with Crippen LogP contribution in [0.5, 0.6) is 5.75 Å².